The van der Waals surface area contributed by atoms with Crippen molar-refractivity contribution in [2.24, 2.45) is 0 Å². The number of ether oxygens (including phenoxy) is 1. The van der Waals surface area contributed by atoms with Crippen molar-refractivity contribution in [3.63, 3.8) is 0 Å². The predicted molar refractivity (Wildman–Crippen MR) is 77.2 cm³/mol. The molecule has 0 aliphatic rings. The summed E-state index contributed by atoms with van der Waals surface area (Å²) in [7, 11) is 0. The quantitative estimate of drug-likeness (QED) is 0.763. The highest BCUT2D eigenvalue weighted by molar-refractivity contribution is 5.91. The van der Waals surface area contributed by atoms with Gasteiger partial charge in [0, 0.05) is 0 Å². The summed E-state index contributed by atoms with van der Waals surface area (Å²) in [5.74, 6) is -0.253. The maximum Gasteiger partial charge on any atom is 0.338 e. The van der Waals surface area contributed by atoms with Gasteiger partial charge in [0.25, 0.3) is 0 Å². The van der Waals surface area contributed by atoms with Gasteiger partial charge in [-0.3, -0.25) is 0 Å². The summed E-state index contributed by atoms with van der Waals surface area (Å²) in [5.41, 5.74) is 3.99. The molecule has 2 aromatic carbocycles. The van der Waals surface area contributed by atoms with Crippen LogP contribution in [0.15, 0.2) is 48.5 Å². The van der Waals surface area contributed by atoms with E-state index < -0.39 is 0 Å². The topological polar surface area (TPSA) is 26.3 Å². The van der Waals surface area contributed by atoms with Gasteiger partial charge in [-0.1, -0.05) is 43.3 Å². The third kappa shape index (κ3) is 3.22. The van der Waals surface area contributed by atoms with Gasteiger partial charge in [0.05, 0.1) is 12.2 Å². The number of carbonyl (C=O) groups excluding carboxylic acids is 1. The Morgan fingerprint density at radius 3 is 2.63 bits per heavy atom. The van der Waals surface area contributed by atoms with E-state index in [2.05, 4.69) is 19.1 Å². The lowest BCUT2D eigenvalue weighted by Gasteiger charge is -2.08. The Morgan fingerprint density at radius 2 is 1.89 bits per heavy atom. The van der Waals surface area contributed by atoms with Crippen molar-refractivity contribution in [1.82, 2.24) is 0 Å². The van der Waals surface area contributed by atoms with Crippen molar-refractivity contribution >= 4 is 5.97 Å². The lowest BCUT2D eigenvalue weighted by molar-refractivity contribution is 0.0505. The molecule has 0 saturated carbocycles. The van der Waals surface area contributed by atoms with Gasteiger partial charge in [-0.15, -0.1) is 0 Å². The molecule has 0 aromatic heterocycles. The van der Waals surface area contributed by atoms with Gasteiger partial charge in [-0.05, 0) is 42.2 Å². The van der Waals surface area contributed by atoms with Gasteiger partial charge < -0.3 is 4.74 Å². The summed E-state index contributed by atoms with van der Waals surface area (Å²) < 4.78 is 5.16. The standard InChI is InChI=1S/C17H18O2/c1-3-11-19-17(18)15-9-6-8-14(12-15)16-10-5-4-7-13(16)2/h4-10,12H,3,11H2,1-2H3. The lowest BCUT2D eigenvalue weighted by Crippen LogP contribution is -2.05. The van der Waals surface area contributed by atoms with Gasteiger partial charge in [0.1, 0.15) is 0 Å². The molecule has 0 N–H and O–H groups in total. The first-order valence-corrected chi connectivity index (χ1v) is 6.55. The van der Waals surface area contributed by atoms with Gasteiger partial charge in [-0.25, -0.2) is 4.79 Å². The predicted octanol–water partition coefficient (Wildman–Crippen LogP) is 4.23. The van der Waals surface area contributed by atoms with Crippen LogP contribution in [0.5, 0.6) is 0 Å². The van der Waals surface area contributed by atoms with Crippen LogP contribution in [-0.2, 0) is 4.74 Å². The molecule has 0 radical (unpaired) electrons. The SMILES string of the molecule is CCCOC(=O)c1cccc(-c2ccccc2C)c1. The van der Waals surface area contributed by atoms with E-state index in [1.54, 1.807) is 6.07 Å². The number of aryl methyl sites for hydroxylation is 1. The molecule has 0 heterocycles. The molecule has 0 atom stereocenters. The molecule has 0 spiro atoms. The average molecular weight is 254 g/mol. The van der Waals surface area contributed by atoms with E-state index in [0.717, 1.165) is 17.5 Å². The van der Waals surface area contributed by atoms with Crippen LogP contribution in [0.3, 0.4) is 0 Å². The molecule has 0 bridgehead atoms. The first kappa shape index (κ1) is 13.3. The maximum atomic E-state index is 11.8. The van der Waals surface area contributed by atoms with Crippen LogP contribution in [0.25, 0.3) is 11.1 Å². The van der Waals surface area contributed by atoms with Gasteiger partial charge in [0.2, 0.25) is 0 Å². The Labute approximate surface area is 114 Å². The zero-order valence-corrected chi connectivity index (χ0v) is 11.3. The highest BCUT2D eigenvalue weighted by Crippen LogP contribution is 2.24. The smallest absolute Gasteiger partial charge is 0.338 e. The van der Waals surface area contributed by atoms with Crippen molar-refractivity contribution < 1.29 is 9.53 Å². The van der Waals surface area contributed by atoms with Gasteiger partial charge in [-0.2, -0.15) is 0 Å². The molecule has 2 nitrogen and oxygen atoms in total. The molecule has 98 valence electrons. The molecular weight excluding hydrogens is 236 g/mol. The number of benzene rings is 2. The minimum Gasteiger partial charge on any atom is -0.462 e. The second kappa shape index (κ2) is 6.19. The second-order valence-corrected chi connectivity index (χ2v) is 4.53. The minimum absolute atomic E-state index is 0.253. The number of hydrogen-bond donors (Lipinski definition) is 0. The fourth-order valence-corrected chi connectivity index (χ4v) is 1.99. The largest absolute Gasteiger partial charge is 0.462 e. The highest BCUT2D eigenvalue weighted by Gasteiger charge is 2.08. The number of esters is 1. The first-order valence-electron chi connectivity index (χ1n) is 6.55. The third-order valence-corrected chi connectivity index (χ3v) is 2.99. The Hall–Kier alpha value is -2.09. The minimum atomic E-state index is -0.253. The molecule has 2 aromatic rings. The highest BCUT2D eigenvalue weighted by atomic mass is 16.5. The van der Waals surface area contributed by atoms with Crippen molar-refractivity contribution in [2.75, 3.05) is 6.61 Å². The molecular formula is C17H18O2. The van der Waals surface area contributed by atoms with E-state index >= 15 is 0 Å². The van der Waals surface area contributed by atoms with Crippen LogP contribution in [0.1, 0.15) is 29.3 Å². The van der Waals surface area contributed by atoms with E-state index in [1.165, 1.54) is 5.56 Å². The molecule has 0 saturated heterocycles. The fraction of sp³-hybridized carbons (Fsp3) is 0.235. The molecule has 0 amide bonds. The summed E-state index contributed by atoms with van der Waals surface area (Å²) >= 11 is 0. The normalized spacial score (nSPS) is 10.2. The van der Waals surface area contributed by atoms with Crippen LogP contribution in [0, 0.1) is 6.92 Å². The second-order valence-electron chi connectivity index (χ2n) is 4.53. The van der Waals surface area contributed by atoms with Crippen LogP contribution in [0.4, 0.5) is 0 Å². The van der Waals surface area contributed by atoms with Crippen molar-refractivity contribution in [3.05, 3.63) is 59.7 Å². The van der Waals surface area contributed by atoms with E-state index in [1.807, 2.05) is 37.3 Å². The molecule has 0 fully saturated rings. The molecule has 19 heavy (non-hydrogen) atoms. The van der Waals surface area contributed by atoms with Crippen molar-refractivity contribution in [1.29, 1.82) is 0 Å². The van der Waals surface area contributed by atoms with Crippen molar-refractivity contribution in [2.45, 2.75) is 20.3 Å². The number of carbonyl (C=O) groups is 1. The Balaban J connectivity index is 2.30. The molecule has 2 heteroatoms. The molecule has 2 rings (SSSR count). The zero-order valence-electron chi connectivity index (χ0n) is 11.3. The average Bonchev–Trinajstić information content (AvgIpc) is 2.45. The van der Waals surface area contributed by atoms with E-state index in [9.17, 15) is 4.79 Å². The lowest BCUT2D eigenvalue weighted by atomic mass is 9.99. The monoisotopic (exact) mass is 254 g/mol. The van der Waals surface area contributed by atoms with Gasteiger partial charge in [0.15, 0.2) is 0 Å². The number of rotatable bonds is 4. The fourth-order valence-electron chi connectivity index (χ4n) is 1.99. The molecule has 0 aliphatic carbocycles. The van der Waals surface area contributed by atoms with Crippen LogP contribution in [0.2, 0.25) is 0 Å². The Morgan fingerprint density at radius 1 is 1.11 bits per heavy atom. The first-order chi connectivity index (χ1) is 9.22. The zero-order chi connectivity index (χ0) is 13.7. The van der Waals surface area contributed by atoms with E-state index in [-0.39, 0.29) is 5.97 Å². The molecule has 0 unspecified atom stereocenters. The third-order valence-electron chi connectivity index (χ3n) is 2.99. The summed E-state index contributed by atoms with van der Waals surface area (Å²) in [4.78, 5) is 11.8. The van der Waals surface area contributed by atoms with Crippen LogP contribution in [-0.4, -0.2) is 12.6 Å². The van der Waals surface area contributed by atoms with Crippen molar-refractivity contribution in [3.8, 4) is 11.1 Å². The van der Waals surface area contributed by atoms with E-state index in [4.69, 9.17) is 4.74 Å². The van der Waals surface area contributed by atoms with E-state index in [0.29, 0.717) is 12.2 Å². The summed E-state index contributed by atoms with van der Waals surface area (Å²) in [6, 6.07) is 15.7. The summed E-state index contributed by atoms with van der Waals surface area (Å²) in [6.45, 7) is 4.52. The maximum absolute atomic E-state index is 11.8. The summed E-state index contributed by atoms with van der Waals surface area (Å²) in [5, 5.41) is 0. The summed E-state index contributed by atoms with van der Waals surface area (Å²) in [6.07, 6.45) is 0.837. The van der Waals surface area contributed by atoms with Gasteiger partial charge >= 0.3 is 5.97 Å². The Kier molecular flexibility index (Phi) is 4.35. The Bertz CT molecular complexity index is 573. The number of hydrogen-bond acceptors (Lipinski definition) is 2. The molecule has 0 aliphatic heterocycles. The van der Waals surface area contributed by atoms with Crippen LogP contribution >= 0.6 is 0 Å². The van der Waals surface area contributed by atoms with Crippen LogP contribution < -0.4 is 0 Å².